The van der Waals surface area contributed by atoms with Gasteiger partial charge in [-0.3, -0.25) is 9.59 Å². The number of thiophene rings is 1. The van der Waals surface area contributed by atoms with Crippen molar-refractivity contribution in [1.82, 2.24) is 5.43 Å². The van der Waals surface area contributed by atoms with Gasteiger partial charge in [0.05, 0.1) is 18.4 Å². The minimum atomic E-state index is -0.272. The van der Waals surface area contributed by atoms with Crippen LogP contribution in [0.5, 0.6) is 0 Å². The molecular weight excluding hydrogens is 406 g/mol. The van der Waals surface area contributed by atoms with E-state index in [4.69, 9.17) is 0 Å². The van der Waals surface area contributed by atoms with E-state index >= 15 is 0 Å². The zero-order valence-corrected chi connectivity index (χ0v) is 17.6. The molecule has 0 radical (unpaired) electrons. The summed E-state index contributed by atoms with van der Waals surface area (Å²) in [4.78, 5) is 28.1. The van der Waals surface area contributed by atoms with Crippen molar-refractivity contribution in [3.05, 3.63) is 99.2 Å². The van der Waals surface area contributed by atoms with Crippen LogP contribution in [-0.2, 0) is 6.54 Å². The maximum absolute atomic E-state index is 12.9. The average Bonchev–Trinajstić information content (AvgIpc) is 3.32. The number of benzene rings is 3. The van der Waals surface area contributed by atoms with Crippen LogP contribution in [0, 0.1) is 6.92 Å². The average molecular weight is 426 g/mol. The first kappa shape index (κ1) is 19.2. The fourth-order valence-electron chi connectivity index (χ4n) is 3.81. The number of nitrogens with zero attached hydrogens (tertiary/aromatic N) is 2. The van der Waals surface area contributed by atoms with Crippen LogP contribution in [0.3, 0.4) is 0 Å². The molecule has 0 spiro atoms. The molecule has 6 heteroatoms. The minimum Gasteiger partial charge on any atom is -0.303 e. The van der Waals surface area contributed by atoms with Gasteiger partial charge in [-0.15, -0.1) is 11.3 Å². The Labute approximate surface area is 183 Å². The molecule has 0 atom stereocenters. The lowest BCUT2D eigenvalue weighted by Crippen LogP contribution is -2.26. The Balaban J connectivity index is 1.29. The number of anilines is 1. The topological polar surface area (TPSA) is 61.8 Å². The van der Waals surface area contributed by atoms with Gasteiger partial charge in [-0.25, -0.2) is 5.43 Å². The van der Waals surface area contributed by atoms with Crippen LogP contribution in [0.25, 0.3) is 10.8 Å². The van der Waals surface area contributed by atoms with Crippen LogP contribution in [0.4, 0.5) is 5.69 Å². The molecule has 1 aliphatic rings. The van der Waals surface area contributed by atoms with Crippen molar-refractivity contribution in [2.45, 2.75) is 13.5 Å². The summed E-state index contributed by atoms with van der Waals surface area (Å²) in [6.07, 6.45) is 1.66. The van der Waals surface area contributed by atoms with Crippen LogP contribution >= 0.6 is 11.3 Å². The Morgan fingerprint density at radius 1 is 1.06 bits per heavy atom. The van der Waals surface area contributed by atoms with Gasteiger partial charge in [-0.05, 0) is 59.1 Å². The van der Waals surface area contributed by atoms with Crippen LogP contribution < -0.4 is 10.3 Å². The third kappa shape index (κ3) is 3.51. The molecule has 0 fully saturated rings. The number of hydrogen-bond acceptors (Lipinski definition) is 4. The van der Waals surface area contributed by atoms with Gasteiger partial charge in [-0.1, -0.05) is 36.4 Å². The van der Waals surface area contributed by atoms with E-state index in [1.54, 1.807) is 34.6 Å². The molecular formula is C25H19N3O2S. The van der Waals surface area contributed by atoms with Crippen molar-refractivity contribution < 1.29 is 9.59 Å². The van der Waals surface area contributed by atoms with Gasteiger partial charge < -0.3 is 4.90 Å². The lowest BCUT2D eigenvalue weighted by atomic mass is 10.1. The second-order valence-corrected chi connectivity index (χ2v) is 8.38. The summed E-state index contributed by atoms with van der Waals surface area (Å²) in [6.45, 7) is 2.45. The van der Waals surface area contributed by atoms with Gasteiger partial charge in [0.25, 0.3) is 11.8 Å². The Morgan fingerprint density at radius 3 is 2.58 bits per heavy atom. The summed E-state index contributed by atoms with van der Waals surface area (Å²) in [5, 5.41) is 8.10. The molecule has 4 aromatic rings. The highest BCUT2D eigenvalue weighted by atomic mass is 32.1. The van der Waals surface area contributed by atoms with Gasteiger partial charge in [0.2, 0.25) is 0 Å². The molecule has 2 heterocycles. The van der Waals surface area contributed by atoms with Gasteiger partial charge in [0.1, 0.15) is 0 Å². The van der Waals surface area contributed by atoms with E-state index in [9.17, 15) is 9.59 Å². The van der Waals surface area contributed by atoms with E-state index in [2.05, 4.69) is 10.5 Å². The summed E-state index contributed by atoms with van der Waals surface area (Å²) in [6, 6.07) is 21.1. The maximum atomic E-state index is 12.9. The lowest BCUT2D eigenvalue weighted by Gasteiger charge is -2.18. The Kier molecular flexibility index (Phi) is 4.84. The summed E-state index contributed by atoms with van der Waals surface area (Å²) in [7, 11) is 0. The quantitative estimate of drug-likeness (QED) is 0.356. The van der Waals surface area contributed by atoms with Gasteiger partial charge in [-0.2, -0.15) is 5.10 Å². The largest absolute Gasteiger partial charge is 0.303 e. The number of carbonyl (C=O) groups is 2. The number of hydrogen-bond donors (Lipinski definition) is 1. The van der Waals surface area contributed by atoms with Crippen molar-refractivity contribution in [2.75, 3.05) is 4.90 Å². The Morgan fingerprint density at radius 2 is 1.84 bits per heavy atom. The highest BCUT2D eigenvalue weighted by molar-refractivity contribution is 7.11. The van der Waals surface area contributed by atoms with E-state index in [-0.39, 0.29) is 11.8 Å². The smallest absolute Gasteiger partial charge is 0.271 e. The zero-order valence-electron chi connectivity index (χ0n) is 16.8. The molecule has 0 saturated heterocycles. The summed E-state index contributed by atoms with van der Waals surface area (Å²) >= 11 is 1.58. The molecule has 5 rings (SSSR count). The predicted molar refractivity (Wildman–Crippen MR) is 125 cm³/mol. The number of aryl methyl sites for hydroxylation is 1. The molecule has 3 aromatic carbocycles. The minimum absolute atomic E-state index is 0.00632. The molecule has 31 heavy (non-hydrogen) atoms. The number of hydrazone groups is 1. The van der Waals surface area contributed by atoms with Gasteiger partial charge in [0.15, 0.2) is 0 Å². The standard InChI is InChI=1S/C25H19N3O2S/c1-16-12-13-31-22(16)14-26-27-24(29)19-10-8-17(9-11-19)15-28-21-7-3-5-18-4-2-6-20(23(18)21)25(28)30/h2-14H,15H2,1H3,(H,27,29). The fraction of sp³-hybridized carbons (Fsp3) is 0.0800. The van der Waals surface area contributed by atoms with Crippen LogP contribution in [0.2, 0.25) is 0 Å². The number of nitrogens with one attached hydrogen (secondary N) is 1. The van der Waals surface area contributed by atoms with Crippen molar-refractivity contribution in [3.8, 4) is 0 Å². The van der Waals surface area contributed by atoms with E-state index in [0.29, 0.717) is 12.1 Å². The van der Waals surface area contributed by atoms with E-state index < -0.39 is 0 Å². The van der Waals surface area contributed by atoms with Gasteiger partial charge in [0, 0.05) is 21.4 Å². The normalized spacial score (nSPS) is 12.8. The highest BCUT2D eigenvalue weighted by Crippen LogP contribution is 2.37. The zero-order chi connectivity index (χ0) is 21.4. The predicted octanol–water partition coefficient (Wildman–Crippen LogP) is 5.13. The Hall–Kier alpha value is -3.77. The molecule has 1 aromatic heterocycles. The fourth-order valence-corrected chi connectivity index (χ4v) is 4.60. The molecule has 2 amide bonds. The molecule has 152 valence electrons. The summed E-state index contributed by atoms with van der Waals surface area (Å²) < 4.78 is 0. The van der Waals surface area contributed by atoms with Crippen molar-refractivity contribution >= 4 is 45.8 Å². The van der Waals surface area contributed by atoms with Crippen LogP contribution in [0.1, 0.15) is 36.7 Å². The molecule has 5 nitrogen and oxygen atoms in total. The number of amides is 2. The first-order chi connectivity index (χ1) is 15.1. The molecule has 0 bridgehead atoms. The molecule has 0 unspecified atom stereocenters. The second kappa shape index (κ2) is 7.81. The summed E-state index contributed by atoms with van der Waals surface area (Å²) in [5.41, 5.74) is 6.82. The van der Waals surface area contributed by atoms with E-state index in [0.717, 1.165) is 38.0 Å². The first-order valence-corrected chi connectivity index (χ1v) is 10.8. The van der Waals surface area contributed by atoms with Gasteiger partial charge >= 0.3 is 0 Å². The van der Waals surface area contributed by atoms with Crippen molar-refractivity contribution in [2.24, 2.45) is 5.10 Å². The van der Waals surface area contributed by atoms with Crippen molar-refractivity contribution in [3.63, 3.8) is 0 Å². The SMILES string of the molecule is Cc1ccsc1C=NNC(=O)c1ccc(CN2C(=O)c3cccc4cccc2c34)cc1. The third-order valence-electron chi connectivity index (χ3n) is 5.46. The molecule has 1 aliphatic heterocycles. The molecule has 1 N–H and O–H groups in total. The number of rotatable bonds is 5. The van der Waals surface area contributed by atoms with Crippen LogP contribution in [0.15, 0.2) is 77.2 Å². The maximum Gasteiger partial charge on any atom is 0.271 e. The summed E-state index contributed by atoms with van der Waals surface area (Å²) in [5.74, 6) is -0.266. The monoisotopic (exact) mass is 425 g/mol. The highest BCUT2D eigenvalue weighted by Gasteiger charge is 2.29. The van der Waals surface area contributed by atoms with E-state index in [1.165, 1.54) is 0 Å². The van der Waals surface area contributed by atoms with Crippen molar-refractivity contribution in [1.29, 1.82) is 0 Å². The number of carbonyl (C=O) groups excluding carboxylic acids is 2. The molecule has 0 aliphatic carbocycles. The third-order valence-corrected chi connectivity index (χ3v) is 6.41. The van der Waals surface area contributed by atoms with E-state index in [1.807, 2.05) is 66.9 Å². The van der Waals surface area contributed by atoms with Crippen LogP contribution in [-0.4, -0.2) is 18.0 Å². The second-order valence-electron chi connectivity index (χ2n) is 7.44. The Bertz CT molecular complexity index is 1330. The lowest BCUT2D eigenvalue weighted by molar-refractivity contribution is 0.0953. The first-order valence-electron chi connectivity index (χ1n) is 9.92. The molecule has 0 saturated carbocycles.